The van der Waals surface area contributed by atoms with Gasteiger partial charge in [-0.25, -0.2) is 9.18 Å². The first-order valence-electron chi connectivity index (χ1n) is 7.80. The topological polar surface area (TPSA) is 70.6 Å². The lowest BCUT2D eigenvalue weighted by atomic mass is 9.87. The molecule has 6 heteroatoms. The Kier molecular flexibility index (Phi) is 7.29. The number of hydrogen-bond acceptors (Lipinski definition) is 3. The van der Waals surface area contributed by atoms with Crippen molar-refractivity contribution in [3.05, 3.63) is 30.1 Å². The van der Waals surface area contributed by atoms with Crippen LogP contribution in [0.3, 0.4) is 0 Å². The molecule has 0 aliphatic rings. The Morgan fingerprint density at radius 3 is 2.43 bits per heavy atom. The van der Waals surface area contributed by atoms with Crippen LogP contribution in [0.25, 0.3) is 0 Å². The molecule has 0 radical (unpaired) electrons. The van der Waals surface area contributed by atoms with Gasteiger partial charge in [-0.1, -0.05) is 13.8 Å². The fraction of sp³-hybridized carbons (Fsp3) is 0.588. The second-order valence-electron chi connectivity index (χ2n) is 6.66. The van der Waals surface area contributed by atoms with Crippen molar-refractivity contribution in [3.8, 4) is 5.75 Å². The summed E-state index contributed by atoms with van der Waals surface area (Å²) in [5.74, 6) is 0.237. The zero-order valence-corrected chi connectivity index (χ0v) is 14.2. The van der Waals surface area contributed by atoms with E-state index in [0.29, 0.717) is 25.3 Å². The number of aliphatic hydroxyl groups is 1. The van der Waals surface area contributed by atoms with Gasteiger partial charge >= 0.3 is 6.03 Å². The second-order valence-corrected chi connectivity index (χ2v) is 6.66. The van der Waals surface area contributed by atoms with Crippen molar-refractivity contribution in [2.75, 3.05) is 13.1 Å². The molecule has 130 valence electrons. The SMILES string of the molecule is CC(O)CC(C)(C)CNC(=O)NCC(C)Oc1ccc(F)cc1. The molecule has 0 aromatic heterocycles. The van der Waals surface area contributed by atoms with Gasteiger partial charge in [-0.05, 0) is 49.9 Å². The largest absolute Gasteiger partial charge is 0.489 e. The third-order valence-electron chi connectivity index (χ3n) is 3.28. The Hall–Kier alpha value is -1.82. The van der Waals surface area contributed by atoms with Crippen molar-refractivity contribution in [2.45, 2.75) is 46.3 Å². The van der Waals surface area contributed by atoms with E-state index < -0.39 is 6.10 Å². The molecule has 2 atom stereocenters. The van der Waals surface area contributed by atoms with Crippen LogP contribution in [0.2, 0.25) is 0 Å². The Bertz CT molecular complexity index is 489. The molecule has 0 heterocycles. The van der Waals surface area contributed by atoms with Crippen LogP contribution in [-0.4, -0.2) is 36.4 Å². The summed E-state index contributed by atoms with van der Waals surface area (Å²) >= 11 is 0. The number of carbonyl (C=O) groups is 1. The monoisotopic (exact) mass is 326 g/mol. The Morgan fingerprint density at radius 1 is 1.26 bits per heavy atom. The number of ether oxygens (including phenoxy) is 1. The molecule has 5 nitrogen and oxygen atoms in total. The van der Waals surface area contributed by atoms with E-state index in [1.165, 1.54) is 12.1 Å². The highest BCUT2D eigenvalue weighted by Gasteiger charge is 2.21. The third-order valence-corrected chi connectivity index (χ3v) is 3.28. The highest BCUT2D eigenvalue weighted by molar-refractivity contribution is 5.73. The van der Waals surface area contributed by atoms with Gasteiger partial charge in [0.25, 0.3) is 0 Å². The lowest BCUT2D eigenvalue weighted by Gasteiger charge is -2.26. The van der Waals surface area contributed by atoms with E-state index in [0.717, 1.165) is 0 Å². The van der Waals surface area contributed by atoms with Crippen molar-refractivity contribution in [2.24, 2.45) is 5.41 Å². The lowest BCUT2D eigenvalue weighted by molar-refractivity contribution is 0.128. The summed E-state index contributed by atoms with van der Waals surface area (Å²) < 4.78 is 18.4. The highest BCUT2D eigenvalue weighted by atomic mass is 19.1. The highest BCUT2D eigenvalue weighted by Crippen LogP contribution is 2.20. The molecule has 0 fully saturated rings. The molecule has 0 saturated carbocycles. The van der Waals surface area contributed by atoms with Gasteiger partial charge in [0.1, 0.15) is 17.7 Å². The molecule has 0 saturated heterocycles. The first kappa shape index (κ1) is 19.2. The summed E-state index contributed by atoms with van der Waals surface area (Å²) in [6.45, 7) is 8.33. The van der Waals surface area contributed by atoms with Gasteiger partial charge in [0.05, 0.1) is 12.6 Å². The minimum absolute atomic E-state index is 0.179. The summed E-state index contributed by atoms with van der Waals surface area (Å²) in [5.41, 5.74) is -0.179. The van der Waals surface area contributed by atoms with Crippen molar-refractivity contribution in [1.29, 1.82) is 0 Å². The quantitative estimate of drug-likeness (QED) is 0.688. The Morgan fingerprint density at radius 2 is 1.87 bits per heavy atom. The molecule has 1 aromatic carbocycles. The molecule has 2 unspecified atom stereocenters. The van der Waals surface area contributed by atoms with E-state index in [1.54, 1.807) is 19.1 Å². The standard InChI is InChI=1S/C17H27FN2O3/c1-12(21)9-17(3,4)11-20-16(22)19-10-13(2)23-15-7-5-14(18)6-8-15/h5-8,12-13,21H,9-11H2,1-4H3,(H2,19,20,22). The van der Waals surface area contributed by atoms with Crippen molar-refractivity contribution in [3.63, 3.8) is 0 Å². The summed E-state index contributed by atoms with van der Waals surface area (Å²) in [6, 6.07) is 5.46. The van der Waals surface area contributed by atoms with Crippen LogP contribution in [0, 0.1) is 11.2 Å². The summed E-state index contributed by atoms with van der Waals surface area (Å²) in [5, 5.41) is 14.9. The molecular formula is C17H27FN2O3. The van der Waals surface area contributed by atoms with Crippen molar-refractivity contribution >= 4 is 6.03 Å². The number of amides is 2. The molecule has 0 aliphatic heterocycles. The molecule has 0 aliphatic carbocycles. The minimum atomic E-state index is -0.404. The average Bonchev–Trinajstić information content (AvgIpc) is 2.44. The third kappa shape index (κ3) is 8.40. The average molecular weight is 326 g/mol. The predicted octanol–water partition coefficient (Wildman–Crippen LogP) is 2.69. The number of halogens is 1. The summed E-state index contributed by atoms with van der Waals surface area (Å²) in [4.78, 5) is 11.8. The van der Waals surface area contributed by atoms with Crippen molar-refractivity contribution in [1.82, 2.24) is 10.6 Å². The number of hydrogen-bond donors (Lipinski definition) is 3. The molecule has 1 aromatic rings. The number of aliphatic hydroxyl groups excluding tert-OH is 1. The van der Waals surface area contributed by atoms with Gasteiger partial charge in [0.2, 0.25) is 0 Å². The van der Waals surface area contributed by atoms with E-state index in [9.17, 15) is 14.3 Å². The van der Waals surface area contributed by atoms with E-state index in [1.807, 2.05) is 20.8 Å². The van der Waals surface area contributed by atoms with Crippen LogP contribution < -0.4 is 15.4 Å². The summed E-state index contributed by atoms with van der Waals surface area (Å²) in [6.07, 6.45) is -0.0344. The normalized spacial score (nSPS) is 14.0. The molecule has 2 amide bonds. The molecular weight excluding hydrogens is 299 g/mol. The second kappa shape index (κ2) is 8.72. The Balaban J connectivity index is 2.28. The Labute approximate surface area is 137 Å². The zero-order valence-electron chi connectivity index (χ0n) is 14.2. The first-order valence-corrected chi connectivity index (χ1v) is 7.80. The lowest BCUT2D eigenvalue weighted by Crippen LogP contribution is -2.44. The van der Waals surface area contributed by atoms with Crippen LogP contribution in [0.4, 0.5) is 9.18 Å². The summed E-state index contributed by atoms with van der Waals surface area (Å²) in [7, 11) is 0. The fourth-order valence-electron chi connectivity index (χ4n) is 2.28. The van der Waals surface area contributed by atoms with Crippen LogP contribution in [0.5, 0.6) is 5.75 Å². The van der Waals surface area contributed by atoms with Crippen LogP contribution in [0.15, 0.2) is 24.3 Å². The van der Waals surface area contributed by atoms with Gasteiger partial charge in [-0.3, -0.25) is 0 Å². The minimum Gasteiger partial charge on any atom is -0.489 e. The van der Waals surface area contributed by atoms with Gasteiger partial charge in [-0.15, -0.1) is 0 Å². The van der Waals surface area contributed by atoms with Gasteiger partial charge < -0.3 is 20.5 Å². The maximum atomic E-state index is 12.8. The fourth-order valence-corrected chi connectivity index (χ4v) is 2.28. The van der Waals surface area contributed by atoms with Gasteiger partial charge in [-0.2, -0.15) is 0 Å². The predicted molar refractivity (Wildman–Crippen MR) is 88.0 cm³/mol. The number of urea groups is 1. The molecule has 3 N–H and O–H groups in total. The number of benzene rings is 1. The van der Waals surface area contributed by atoms with E-state index in [4.69, 9.17) is 4.74 Å². The smallest absolute Gasteiger partial charge is 0.314 e. The van der Waals surface area contributed by atoms with Crippen molar-refractivity contribution < 1.29 is 19.0 Å². The number of rotatable bonds is 8. The zero-order chi connectivity index (χ0) is 17.5. The van der Waals surface area contributed by atoms with E-state index in [2.05, 4.69) is 10.6 Å². The molecule has 1 rings (SSSR count). The maximum absolute atomic E-state index is 12.8. The molecule has 0 spiro atoms. The van der Waals surface area contributed by atoms with Crippen LogP contribution >= 0.6 is 0 Å². The van der Waals surface area contributed by atoms with E-state index in [-0.39, 0.29) is 23.4 Å². The van der Waals surface area contributed by atoms with Crippen LogP contribution in [-0.2, 0) is 0 Å². The van der Waals surface area contributed by atoms with Crippen LogP contribution in [0.1, 0.15) is 34.1 Å². The van der Waals surface area contributed by atoms with E-state index >= 15 is 0 Å². The maximum Gasteiger partial charge on any atom is 0.314 e. The first-order chi connectivity index (χ1) is 10.7. The molecule has 0 bridgehead atoms. The number of nitrogens with one attached hydrogen (secondary N) is 2. The molecule has 23 heavy (non-hydrogen) atoms. The number of carbonyl (C=O) groups excluding carboxylic acids is 1. The van der Waals surface area contributed by atoms with Gasteiger partial charge in [0.15, 0.2) is 0 Å². The van der Waals surface area contributed by atoms with Gasteiger partial charge in [0, 0.05) is 6.54 Å².